The second-order valence-corrected chi connectivity index (χ2v) is 4.68. The predicted octanol–water partition coefficient (Wildman–Crippen LogP) is 4.67. The van der Waals surface area contributed by atoms with Crippen molar-refractivity contribution < 1.29 is 31.1 Å². The lowest BCUT2D eigenvalue weighted by atomic mass is 9.93. The molecule has 2 N–H and O–H groups in total. The molecule has 0 heterocycles. The van der Waals surface area contributed by atoms with Gasteiger partial charge in [-0.25, -0.2) is 4.39 Å². The zero-order valence-corrected chi connectivity index (χ0v) is 11.4. The van der Waals surface area contributed by atoms with Gasteiger partial charge in [0, 0.05) is 5.56 Å². The quantitative estimate of drug-likeness (QED) is 0.651. The van der Waals surface area contributed by atoms with Crippen LogP contribution in [0.4, 0.5) is 32.0 Å². The fraction of sp³-hybridized carbons (Fsp3) is 0.200. The molecule has 0 spiro atoms. The summed E-state index contributed by atoms with van der Waals surface area (Å²) in [5, 5.41) is 0. The maximum Gasteiger partial charge on any atom is 0.446 e. The SMILES string of the molecule is Nc1ccccc1OC(F)(F)C(F)(c1ccccc1)C(F)(F)F. The third-order valence-corrected chi connectivity index (χ3v) is 3.12. The molecule has 0 aliphatic carbocycles. The van der Waals surface area contributed by atoms with Gasteiger partial charge in [0.25, 0.3) is 0 Å². The van der Waals surface area contributed by atoms with E-state index in [1.54, 1.807) is 0 Å². The van der Waals surface area contributed by atoms with Crippen LogP contribution in [-0.4, -0.2) is 12.3 Å². The van der Waals surface area contributed by atoms with Gasteiger partial charge in [-0.05, 0) is 12.1 Å². The molecular formula is C15H11F6NO. The van der Waals surface area contributed by atoms with E-state index >= 15 is 0 Å². The standard InChI is InChI=1S/C15H11F6NO/c16-13(14(17,18)19,10-6-2-1-3-7-10)15(20,21)23-12-9-5-4-8-11(12)22/h1-9H,22H2. The Labute approximate surface area is 127 Å². The van der Waals surface area contributed by atoms with Crippen molar-refractivity contribution in [3.63, 3.8) is 0 Å². The maximum atomic E-state index is 14.6. The van der Waals surface area contributed by atoms with Gasteiger partial charge >= 0.3 is 18.0 Å². The molecule has 2 aromatic carbocycles. The summed E-state index contributed by atoms with van der Waals surface area (Å²) >= 11 is 0. The number of benzene rings is 2. The van der Waals surface area contributed by atoms with E-state index < -0.39 is 29.3 Å². The van der Waals surface area contributed by atoms with Crippen molar-refractivity contribution in [2.24, 2.45) is 0 Å². The van der Waals surface area contributed by atoms with E-state index in [0.29, 0.717) is 12.1 Å². The predicted molar refractivity (Wildman–Crippen MR) is 71.7 cm³/mol. The van der Waals surface area contributed by atoms with E-state index in [1.807, 2.05) is 0 Å². The summed E-state index contributed by atoms with van der Waals surface area (Å²) < 4.78 is 86.3. The van der Waals surface area contributed by atoms with Crippen LogP contribution in [0.25, 0.3) is 0 Å². The molecule has 1 atom stereocenters. The van der Waals surface area contributed by atoms with Gasteiger partial charge in [-0.2, -0.15) is 22.0 Å². The zero-order valence-electron chi connectivity index (χ0n) is 11.4. The molecule has 0 aliphatic heterocycles. The minimum absolute atomic E-state index is 0.343. The lowest BCUT2D eigenvalue weighted by molar-refractivity contribution is -0.364. The lowest BCUT2D eigenvalue weighted by Crippen LogP contribution is -2.55. The minimum Gasteiger partial charge on any atom is -0.427 e. The average Bonchev–Trinajstić information content (AvgIpc) is 2.48. The molecular weight excluding hydrogens is 324 g/mol. The molecule has 0 saturated heterocycles. The van der Waals surface area contributed by atoms with Crippen LogP contribution < -0.4 is 10.5 Å². The number of halogens is 6. The molecule has 124 valence electrons. The first-order valence-corrected chi connectivity index (χ1v) is 6.32. The van der Waals surface area contributed by atoms with Crippen molar-refractivity contribution in [1.29, 1.82) is 0 Å². The number of anilines is 1. The number of hydrogen-bond acceptors (Lipinski definition) is 2. The van der Waals surface area contributed by atoms with Gasteiger partial charge < -0.3 is 10.5 Å². The largest absolute Gasteiger partial charge is 0.446 e. The molecule has 2 rings (SSSR count). The highest BCUT2D eigenvalue weighted by molar-refractivity contribution is 5.52. The van der Waals surface area contributed by atoms with Crippen LogP contribution in [0.5, 0.6) is 5.75 Å². The van der Waals surface area contributed by atoms with E-state index in [9.17, 15) is 26.3 Å². The van der Waals surface area contributed by atoms with Gasteiger partial charge in [0.2, 0.25) is 0 Å². The monoisotopic (exact) mass is 335 g/mol. The highest BCUT2D eigenvalue weighted by Crippen LogP contribution is 2.53. The van der Waals surface area contributed by atoms with Crippen molar-refractivity contribution in [3.05, 3.63) is 60.2 Å². The van der Waals surface area contributed by atoms with Crippen LogP contribution in [0.1, 0.15) is 5.56 Å². The first-order valence-electron chi connectivity index (χ1n) is 6.32. The summed E-state index contributed by atoms with van der Waals surface area (Å²) in [6.45, 7) is 0. The van der Waals surface area contributed by atoms with Crippen LogP contribution >= 0.6 is 0 Å². The molecule has 0 aliphatic rings. The zero-order chi connectivity index (χ0) is 17.3. The highest BCUT2D eigenvalue weighted by Gasteiger charge is 2.74. The number of nitrogens with two attached hydrogens (primary N) is 1. The molecule has 2 aromatic rings. The smallest absolute Gasteiger partial charge is 0.427 e. The van der Waals surface area contributed by atoms with Crippen molar-refractivity contribution in [1.82, 2.24) is 0 Å². The van der Waals surface area contributed by atoms with Gasteiger partial charge in [-0.1, -0.05) is 42.5 Å². The van der Waals surface area contributed by atoms with Gasteiger partial charge in [0.1, 0.15) is 5.75 Å². The van der Waals surface area contributed by atoms with Gasteiger partial charge in [-0.3, -0.25) is 0 Å². The Bertz CT molecular complexity index is 673. The fourth-order valence-corrected chi connectivity index (χ4v) is 1.95. The van der Waals surface area contributed by atoms with Crippen molar-refractivity contribution >= 4 is 5.69 Å². The normalized spacial score (nSPS) is 15.0. The summed E-state index contributed by atoms with van der Waals surface area (Å²) in [5.41, 5.74) is -1.30. The Balaban J connectivity index is 2.53. The molecule has 0 saturated carbocycles. The number of nitrogen functional groups attached to an aromatic ring is 1. The Morgan fingerprint density at radius 3 is 1.78 bits per heavy atom. The second kappa shape index (κ2) is 5.68. The molecule has 0 amide bonds. The van der Waals surface area contributed by atoms with Crippen molar-refractivity contribution in [2.75, 3.05) is 5.73 Å². The van der Waals surface area contributed by atoms with Crippen LogP contribution in [0, 0.1) is 0 Å². The Hall–Kier alpha value is -2.38. The molecule has 0 fully saturated rings. The molecule has 1 unspecified atom stereocenters. The fourth-order valence-electron chi connectivity index (χ4n) is 1.95. The Kier molecular flexibility index (Phi) is 4.19. The van der Waals surface area contributed by atoms with E-state index in [4.69, 9.17) is 5.73 Å². The number of ether oxygens (including phenoxy) is 1. The van der Waals surface area contributed by atoms with Crippen LogP contribution in [-0.2, 0) is 5.67 Å². The Morgan fingerprint density at radius 1 is 0.739 bits per heavy atom. The number of para-hydroxylation sites is 2. The molecule has 0 aromatic heterocycles. The maximum absolute atomic E-state index is 14.6. The summed E-state index contributed by atoms with van der Waals surface area (Å²) in [5.74, 6) is -0.750. The van der Waals surface area contributed by atoms with Gasteiger partial charge in [-0.15, -0.1) is 0 Å². The van der Waals surface area contributed by atoms with E-state index in [-0.39, 0.29) is 5.69 Å². The average molecular weight is 335 g/mol. The first kappa shape index (κ1) is 17.0. The molecule has 0 radical (unpaired) electrons. The summed E-state index contributed by atoms with van der Waals surface area (Å²) in [4.78, 5) is 0. The first-order chi connectivity index (χ1) is 10.6. The van der Waals surface area contributed by atoms with E-state index in [0.717, 1.165) is 24.3 Å². The summed E-state index contributed by atoms with van der Waals surface area (Å²) in [6, 6.07) is 9.17. The van der Waals surface area contributed by atoms with Gasteiger partial charge in [0.05, 0.1) is 5.69 Å². The summed E-state index contributed by atoms with van der Waals surface area (Å²) in [7, 11) is 0. The van der Waals surface area contributed by atoms with Crippen molar-refractivity contribution in [2.45, 2.75) is 18.0 Å². The summed E-state index contributed by atoms with van der Waals surface area (Å²) in [6.07, 6.45) is -11.1. The van der Waals surface area contributed by atoms with Crippen LogP contribution in [0.2, 0.25) is 0 Å². The minimum atomic E-state index is -5.92. The number of hydrogen-bond donors (Lipinski definition) is 1. The van der Waals surface area contributed by atoms with E-state index in [1.165, 1.54) is 18.2 Å². The van der Waals surface area contributed by atoms with Crippen LogP contribution in [0.3, 0.4) is 0 Å². The molecule has 23 heavy (non-hydrogen) atoms. The second-order valence-electron chi connectivity index (χ2n) is 4.68. The van der Waals surface area contributed by atoms with Gasteiger partial charge in [0.15, 0.2) is 0 Å². The van der Waals surface area contributed by atoms with E-state index in [2.05, 4.69) is 4.74 Å². The molecule has 2 nitrogen and oxygen atoms in total. The third-order valence-electron chi connectivity index (χ3n) is 3.12. The number of rotatable bonds is 4. The third kappa shape index (κ3) is 2.93. The van der Waals surface area contributed by atoms with Crippen LogP contribution in [0.15, 0.2) is 54.6 Å². The number of alkyl halides is 6. The molecule has 8 heteroatoms. The highest BCUT2D eigenvalue weighted by atomic mass is 19.4. The topological polar surface area (TPSA) is 35.2 Å². The molecule has 0 bridgehead atoms. The van der Waals surface area contributed by atoms with Crippen molar-refractivity contribution in [3.8, 4) is 5.75 Å². The Morgan fingerprint density at radius 2 is 1.26 bits per heavy atom. The lowest BCUT2D eigenvalue weighted by Gasteiger charge is -2.34.